The number of likely N-dealkylation sites (N-methyl/N-ethyl adjacent to an activating group) is 1. The molecule has 0 amide bonds. The van der Waals surface area contributed by atoms with Gasteiger partial charge in [0.1, 0.15) is 19.8 Å². The summed E-state index contributed by atoms with van der Waals surface area (Å²) in [6.45, 7) is 3.95. The lowest BCUT2D eigenvalue weighted by Gasteiger charge is -2.28. The normalized spacial score (nSPS) is 14.3. The summed E-state index contributed by atoms with van der Waals surface area (Å²) < 4.78 is 34.3. The van der Waals surface area contributed by atoms with Gasteiger partial charge in [-0.2, -0.15) is 0 Å². The number of rotatable bonds is 67. The summed E-state index contributed by atoms with van der Waals surface area (Å²) in [5.41, 5.74) is 0. The molecule has 2 unspecified atom stereocenters. The van der Waals surface area contributed by atoms with Crippen molar-refractivity contribution in [3.63, 3.8) is 0 Å². The van der Waals surface area contributed by atoms with E-state index in [1.165, 1.54) is 89.9 Å². The maximum Gasteiger partial charge on any atom is 0.306 e. The van der Waals surface area contributed by atoms with Crippen LogP contribution >= 0.6 is 7.82 Å². The zero-order valence-corrected chi connectivity index (χ0v) is 62.4. The van der Waals surface area contributed by atoms with Crippen LogP contribution in [0.15, 0.2) is 207 Å². The Balaban J connectivity index is 4.16. The number of esters is 2. The largest absolute Gasteiger partial charge is 0.756 e. The predicted molar refractivity (Wildman–Crippen MR) is 415 cm³/mol. The third-order valence-electron chi connectivity index (χ3n) is 15.3. The van der Waals surface area contributed by atoms with Gasteiger partial charge in [-0.25, -0.2) is 0 Å². The number of allylic oxidation sites excluding steroid dienone is 34. The second-order valence-electron chi connectivity index (χ2n) is 25.5. The summed E-state index contributed by atoms with van der Waals surface area (Å²) in [7, 11) is 1.11. The molecule has 0 aromatic heterocycles. The van der Waals surface area contributed by atoms with Gasteiger partial charge < -0.3 is 27.9 Å². The molecule has 0 bridgehead atoms. The maximum absolute atomic E-state index is 12.9. The summed E-state index contributed by atoms with van der Waals surface area (Å²) >= 11 is 0. The molecule has 0 aromatic rings. The molecule has 0 fully saturated rings. The fourth-order valence-corrected chi connectivity index (χ4v) is 10.3. The molecule has 0 saturated carbocycles. The van der Waals surface area contributed by atoms with Crippen LogP contribution in [0.5, 0.6) is 0 Å². The number of phosphoric ester groups is 1. The Bertz CT molecular complexity index is 2380. The van der Waals surface area contributed by atoms with Crippen LogP contribution in [-0.2, 0) is 32.7 Å². The molecule has 0 radical (unpaired) electrons. The van der Waals surface area contributed by atoms with Gasteiger partial charge in [-0.15, -0.1) is 0 Å². The van der Waals surface area contributed by atoms with Crippen molar-refractivity contribution in [3.8, 4) is 0 Å². The van der Waals surface area contributed by atoms with Gasteiger partial charge >= 0.3 is 11.9 Å². The second kappa shape index (κ2) is 73.8. The van der Waals surface area contributed by atoms with E-state index >= 15 is 0 Å². The van der Waals surface area contributed by atoms with Gasteiger partial charge in [-0.3, -0.25) is 14.2 Å². The molecule has 0 aromatic carbocycles. The van der Waals surface area contributed by atoms with E-state index in [2.05, 4.69) is 220 Å². The molecule has 0 spiro atoms. The molecule has 0 heterocycles. The Morgan fingerprint density at radius 2 is 0.562 bits per heavy atom. The molecule has 9 nitrogen and oxygen atoms in total. The molecule has 96 heavy (non-hydrogen) atoms. The maximum atomic E-state index is 12.9. The standard InChI is InChI=1S/C86H138NO8P/c1-6-8-10-12-14-16-18-20-22-24-26-28-30-32-34-36-38-40-41-42-43-44-45-47-49-51-53-55-57-59-61-63-65-67-69-71-73-75-77-79-86(89)95-84(83-94-96(90,91)93-81-80-87(3,4)5)82-92-85(88)78-76-74-72-70-68-66-64-62-60-58-56-54-52-50-48-46-39-37-35-33-31-29-27-25-23-21-19-17-15-13-11-9-7-2/h8-11,14-17,20-23,26-29,32-35,38,40,42-43,45,47,51,53,57,59,63,65,69,71,84H,6-7,12-13,18-19,24-25,30-31,36-37,39,41,44,46,48-50,52,54-56,58,60-62,64,66-68,70,72-83H2,1-5H3/b10-8-,11-9-,16-14-,17-15-,22-20-,23-21-,28-26-,29-27-,34-32-,35-33-,40-38-,43-42-,47-45-,53-51-,59-57-,65-63-,71-69-. The molecule has 0 aliphatic heterocycles. The number of unbranched alkanes of at least 4 members (excludes halogenated alkanes) is 19. The van der Waals surface area contributed by atoms with Crippen LogP contribution in [-0.4, -0.2) is 70.0 Å². The van der Waals surface area contributed by atoms with Gasteiger partial charge in [0.25, 0.3) is 7.82 Å². The van der Waals surface area contributed by atoms with E-state index < -0.39 is 32.5 Å². The molecular weight excluding hydrogens is 1210 g/mol. The quantitative estimate of drug-likeness (QED) is 0.0195. The Morgan fingerprint density at radius 3 is 0.854 bits per heavy atom. The van der Waals surface area contributed by atoms with Crippen molar-refractivity contribution in [2.75, 3.05) is 47.5 Å². The highest BCUT2D eigenvalue weighted by Gasteiger charge is 2.22. The average molecular weight is 1350 g/mol. The fraction of sp³-hybridized carbons (Fsp3) is 0.581. The van der Waals surface area contributed by atoms with E-state index in [1.54, 1.807) is 0 Å². The molecule has 0 aliphatic rings. The molecule has 0 saturated heterocycles. The van der Waals surface area contributed by atoms with Crippen LogP contribution < -0.4 is 4.89 Å². The lowest BCUT2D eigenvalue weighted by Crippen LogP contribution is -2.37. The van der Waals surface area contributed by atoms with Crippen molar-refractivity contribution in [1.29, 1.82) is 0 Å². The van der Waals surface area contributed by atoms with Crippen LogP contribution in [0.3, 0.4) is 0 Å². The minimum Gasteiger partial charge on any atom is -0.756 e. The summed E-state index contributed by atoms with van der Waals surface area (Å²) in [5.74, 6) is -0.894. The summed E-state index contributed by atoms with van der Waals surface area (Å²) in [4.78, 5) is 38.1. The summed E-state index contributed by atoms with van der Waals surface area (Å²) in [5, 5.41) is 0. The lowest BCUT2D eigenvalue weighted by molar-refractivity contribution is -0.870. The number of phosphoric acid groups is 1. The highest BCUT2D eigenvalue weighted by atomic mass is 31.2. The molecule has 540 valence electrons. The van der Waals surface area contributed by atoms with E-state index in [9.17, 15) is 19.0 Å². The van der Waals surface area contributed by atoms with Gasteiger partial charge in [-0.1, -0.05) is 317 Å². The lowest BCUT2D eigenvalue weighted by atomic mass is 10.0. The van der Waals surface area contributed by atoms with Crippen LogP contribution in [0.1, 0.15) is 271 Å². The molecular formula is C86H138NO8P. The zero-order chi connectivity index (χ0) is 69.7. The van der Waals surface area contributed by atoms with Crippen LogP contribution in [0.25, 0.3) is 0 Å². The number of ether oxygens (including phenoxy) is 2. The molecule has 2 atom stereocenters. The number of carbonyl (C=O) groups is 2. The van der Waals surface area contributed by atoms with Gasteiger partial charge in [-0.05, 0) is 148 Å². The number of quaternary nitrogens is 1. The first-order valence-electron chi connectivity index (χ1n) is 37.8. The first-order chi connectivity index (χ1) is 47.0. The van der Waals surface area contributed by atoms with Crippen LogP contribution in [0.4, 0.5) is 0 Å². The van der Waals surface area contributed by atoms with Gasteiger partial charge in [0.15, 0.2) is 6.10 Å². The number of hydrogen-bond donors (Lipinski definition) is 0. The highest BCUT2D eigenvalue weighted by Crippen LogP contribution is 2.38. The van der Waals surface area contributed by atoms with E-state index in [-0.39, 0.29) is 26.1 Å². The SMILES string of the molecule is CC/C=C\C/C=C\C/C=C\C/C=C\C/C=C\C/C=C\C/C=C\C/C=C\C/C=C\C/C=C\C/C=C\C/C=C\CCCCC(=O)OC(COC(=O)CCCCCCCCCCCCCCCCCCC/C=C\C/C=C\C/C=C\C/C=C\C/C=C\CC)COP(=O)([O-])OCC[N+](C)(C)C. The zero-order valence-electron chi connectivity index (χ0n) is 61.5. The Hall–Kier alpha value is -5.41. The van der Waals surface area contributed by atoms with Crippen molar-refractivity contribution in [2.45, 2.75) is 277 Å². The number of carbonyl (C=O) groups excluding carboxylic acids is 2. The summed E-state index contributed by atoms with van der Waals surface area (Å²) in [6, 6.07) is 0. The number of hydrogen-bond acceptors (Lipinski definition) is 8. The first-order valence-corrected chi connectivity index (χ1v) is 39.3. The molecule has 0 rings (SSSR count). The van der Waals surface area contributed by atoms with E-state index in [4.69, 9.17) is 18.5 Å². The Kier molecular flexibility index (Phi) is 69.7. The monoisotopic (exact) mass is 1340 g/mol. The minimum absolute atomic E-state index is 0.0494. The van der Waals surface area contributed by atoms with Gasteiger partial charge in [0, 0.05) is 12.8 Å². The smallest absolute Gasteiger partial charge is 0.306 e. The number of nitrogens with zero attached hydrogens (tertiary/aromatic N) is 1. The topological polar surface area (TPSA) is 111 Å². The van der Waals surface area contributed by atoms with Gasteiger partial charge in [0.05, 0.1) is 27.7 Å². The van der Waals surface area contributed by atoms with Crippen LogP contribution in [0.2, 0.25) is 0 Å². The molecule has 10 heteroatoms. The van der Waals surface area contributed by atoms with Crippen molar-refractivity contribution >= 4 is 19.8 Å². The molecule has 0 N–H and O–H groups in total. The third-order valence-corrected chi connectivity index (χ3v) is 16.3. The third kappa shape index (κ3) is 77.6. The van der Waals surface area contributed by atoms with Crippen molar-refractivity contribution < 1.29 is 42.1 Å². The van der Waals surface area contributed by atoms with Crippen molar-refractivity contribution in [2.24, 2.45) is 0 Å². The van der Waals surface area contributed by atoms with Crippen LogP contribution in [0, 0.1) is 0 Å². The highest BCUT2D eigenvalue weighted by molar-refractivity contribution is 7.45. The van der Waals surface area contributed by atoms with E-state index in [1.807, 2.05) is 21.1 Å². The minimum atomic E-state index is -4.67. The van der Waals surface area contributed by atoms with Crippen molar-refractivity contribution in [3.05, 3.63) is 207 Å². The van der Waals surface area contributed by atoms with E-state index in [0.717, 1.165) is 141 Å². The first kappa shape index (κ1) is 90.6. The molecule has 0 aliphatic carbocycles. The average Bonchev–Trinajstić information content (AvgIpc) is 1.98. The Labute approximate surface area is 589 Å². The predicted octanol–water partition coefficient (Wildman–Crippen LogP) is 24.7. The second-order valence-corrected chi connectivity index (χ2v) is 27.0. The van der Waals surface area contributed by atoms with Crippen molar-refractivity contribution in [1.82, 2.24) is 0 Å². The summed E-state index contributed by atoms with van der Waals surface area (Å²) in [6.07, 6.45) is 116. The fourth-order valence-electron chi connectivity index (χ4n) is 9.61. The Morgan fingerprint density at radius 1 is 0.323 bits per heavy atom. The van der Waals surface area contributed by atoms with Gasteiger partial charge in [0.2, 0.25) is 0 Å². The van der Waals surface area contributed by atoms with E-state index in [0.29, 0.717) is 23.9 Å².